The van der Waals surface area contributed by atoms with Crippen LogP contribution in [0.25, 0.3) is 0 Å². The van der Waals surface area contributed by atoms with Gasteiger partial charge in [0.2, 0.25) is 0 Å². The smallest absolute Gasteiger partial charge is 0.190 e. The Morgan fingerprint density at radius 2 is 2.23 bits per heavy atom. The van der Waals surface area contributed by atoms with E-state index in [1.165, 1.54) is 5.57 Å². The van der Waals surface area contributed by atoms with E-state index in [0.29, 0.717) is 12.6 Å². The molecule has 0 aromatic rings. The van der Waals surface area contributed by atoms with E-state index in [9.17, 15) is 5.26 Å². The van der Waals surface area contributed by atoms with Crippen LogP contribution in [0, 0.1) is 17.2 Å². The van der Waals surface area contributed by atoms with Crippen LogP contribution in [0.15, 0.2) is 59.4 Å². The molecule has 0 fully saturated rings. The lowest BCUT2D eigenvalue weighted by Crippen LogP contribution is -2.16. The normalized spacial score (nSPS) is 16.3. The van der Waals surface area contributed by atoms with Gasteiger partial charge < -0.3 is 5.32 Å². The van der Waals surface area contributed by atoms with Gasteiger partial charge in [-0.05, 0) is 61.1 Å². The van der Waals surface area contributed by atoms with Gasteiger partial charge in [-0.25, -0.2) is 0 Å². The zero-order valence-electron chi connectivity index (χ0n) is 14.4. The zero-order valence-corrected chi connectivity index (χ0v) is 14.4. The van der Waals surface area contributed by atoms with E-state index in [-0.39, 0.29) is 0 Å². The van der Waals surface area contributed by atoms with Crippen molar-refractivity contribution in [3.8, 4) is 6.07 Å². The average molecular weight is 294 g/mol. The van der Waals surface area contributed by atoms with Crippen LogP contribution >= 0.6 is 0 Å². The quantitative estimate of drug-likeness (QED) is 0.668. The van der Waals surface area contributed by atoms with Gasteiger partial charge in [0.1, 0.15) is 0 Å². The molecule has 0 saturated heterocycles. The van der Waals surface area contributed by atoms with Crippen LogP contribution in [0.2, 0.25) is 13.6 Å². The predicted molar refractivity (Wildman–Crippen MR) is 97.4 cm³/mol. The van der Waals surface area contributed by atoms with Gasteiger partial charge in [-0.3, -0.25) is 0 Å². The molecule has 1 atom stereocenters. The monoisotopic (exact) mass is 294 g/mol. The van der Waals surface area contributed by atoms with Gasteiger partial charge in [0.15, 0.2) is 6.71 Å². The lowest BCUT2D eigenvalue weighted by molar-refractivity contribution is 0.604. The van der Waals surface area contributed by atoms with Gasteiger partial charge in [-0.2, -0.15) is 5.26 Å². The summed E-state index contributed by atoms with van der Waals surface area (Å²) in [6.45, 7) is 17.0. The van der Waals surface area contributed by atoms with Crippen molar-refractivity contribution in [3.63, 3.8) is 0 Å². The lowest BCUT2D eigenvalue weighted by Gasteiger charge is -2.21. The first-order valence-corrected chi connectivity index (χ1v) is 7.96. The van der Waals surface area contributed by atoms with Crippen LogP contribution in [-0.4, -0.2) is 6.71 Å². The van der Waals surface area contributed by atoms with Crippen LogP contribution in [-0.2, 0) is 0 Å². The van der Waals surface area contributed by atoms with E-state index in [4.69, 9.17) is 0 Å². The molecule has 1 N–H and O–H groups in total. The number of allylic oxidation sites excluding steroid dienone is 6. The van der Waals surface area contributed by atoms with Gasteiger partial charge in [-0.15, -0.1) is 0 Å². The molecule has 0 aromatic carbocycles. The molecule has 0 amide bonds. The largest absolute Gasteiger partial charge is 0.374 e. The minimum Gasteiger partial charge on any atom is -0.374 e. The summed E-state index contributed by atoms with van der Waals surface area (Å²) in [5.41, 5.74) is 5.24. The molecule has 3 heteroatoms. The molecule has 0 saturated carbocycles. The Hall–Kier alpha value is -1.95. The molecule has 0 heterocycles. The predicted octanol–water partition coefficient (Wildman–Crippen LogP) is 5.04. The topological polar surface area (TPSA) is 35.8 Å². The van der Waals surface area contributed by atoms with Crippen LogP contribution in [0.5, 0.6) is 0 Å². The molecule has 2 nitrogen and oxygen atoms in total. The Labute approximate surface area is 136 Å². The van der Waals surface area contributed by atoms with Crippen molar-refractivity contribution in [2.24, 2.45) is 5.92 Å². The molecule has 116 valence electrons. The second-order valence-corrected chi connectivity index (χ2v) is 6.36. The number of nitrogens with one attached hydrogen (secondary N) is 1. The molecule has 1 rings (SSSR count). The maximum absolute atomic E-state index is 9.20. The Morgan fingerprint density at radius 3 is 2.82 bits per heavy atom. The third-order valence-corrected chi connectivity index (χ3v) is 4.28. The fourth-order valence-electron chi connectivity index (χ4n) is 2.29. The van der Waals surface area contributed by atoms with Crippen LogP contribution in [0.4, 0.5) is 0 Å². The fraction of sp³-hybridized carbons (Fsp3) is 0.421. The minimum atomic E-state index is 0.446. The molecule has 1 aliphatic rings. The summed E-state index contributed by atoms with van der Waals surface area (Å²) < 4.78 is 0. The molecule has 1 unspecified atom stereocenters. The molecule has 22 heavy (non-hydrogen) atoms. The van der Waals surface area contributed by atoms with Crippen molar-refractivity contribution >= 4 is 6.71 Å². The Bertz CT molecular complexity index is 571. The highest BCUT2D eigenvalue weighted by Gasteiger charge is 2.17. The maximum atomic E-state index is 9.20. The van der Waals surface area contributed by atoms with Crippen molar-refractivity contribution in [1.29, 1.82) is 5.26 Å². The summed E-state index contributed by atoms with van der Waals surface area (Å²) in [5.74, 6) is 0.464. The fourth-order valence-corrected chi connectivity index (χ4v) is 2.29. The van der Waals surface area contributed by atoms with E-state index >= 15 is 0 Å². The van der Waals surface area contributed by atoms with E-state index < -0.39 is 0 Å². The summed E-state index contributed by atoms with van der Waals surface area (Å²) in [5, 5.41) is 12.4. The van der Waals surface area contributed by atoms with Crippen LogP contribution in [0.3, 0.4) is 0 Å². The summed E-state index contributed by atoms with van der Waals surface area (Å²) in [7, 11) is 0. The van der Waals surface area contributed by atoms with E-state index in [2.05, 4.69) is 57.3 Å². The van der Waals surface area contributed by atoms with Gasteiger partial charge in [0.25, 0.3) is 0 Å². The van der Waals surface area contributed by atoms with Gasteiger partial charge in [0, 0.05) is 0 Å². The Kier molecular flexibility index (Phi) is 6.98. The summed E-state index contributed by atoms with van der Waals surface area (Å²) in [6, 6.07) is 2.28. The van der Waals surface area contributed by atoms with Crippen LogP contribution < -0.4 is 5.32 Å². The molecule has 0 bridgehead atoms. The number of nitrogens with zero attached hydrogens (tertiary/aromatic N) is 1. The standard InChI is InChI=1S/C19H27BN2/c1-14(9-7-8-10-22-17(4)20(5)6)18-11-15(2)16(3)19(12-18)13-21/h8,10,12,14,22H,2,4,7,9,11H2,1,3,5-6H3/b10-8+. The second-order valence-electron chi connectivity index (χ2n) is 6.36. The second kappa shape index (κ2) is 8.49. The van der Waals surface area contributed by atoms with Crippen molar-refractivity contribution in [1.82, 2.24) is 5.32 Å². The third kappa shape index (κ3) is 5.11. The number of hydrogen-bond donors (Lipinski definition) is 1. The van der Waals surface area contributed by atoms with Crippen molar-refractivity contribution in [3.05, 3.63) is 59.4 Å². The van der Waals surface area contributed by atoms with E-state index in [0.717, 1.165) is 41.6 Å². The minimum absolute atomic E-state index is 0.446. The molecule has 0 spiro atoms. The first-order chi connectivity index (χ1) is 10.4. The molecule has 0 radical (unpaired) electrons. The van der Waals surface area contributed by atoms with Crippen LogP contribution in [0.1, 0.15) is 33.1 Å². The SMILES string of the molecule is C=C(N/C=C/CCC(C)C1=CC(C#N)=C(C)C(=C)C1)B(C)C. The summed E-state index contributed by atoms with van der Waals surface area (Å²) >= 11 is 0. The van der Waals surface area contributed by atoms with Crippen molar-refractivity contribution in [2.45, 2.75) is 46.8 Å². The highest BCUT2D eigenvalue weighted by atomic mass is 14.8. The summed E-state index contributed by atoms with van der Waals surface area (Å²) in [4.78, 5) is 0. The highest BCUT2D eigenvalue weighted by molar-refractivity contribution is 6.63. The van der Waals surface area contributed by atoms with Crippen molar-refractivity contribution < 1.29 is 0 Å². The molecular weight excluding hydrogens is 267 g/mol. The van der Waals surface area contributed by atoms with E-state index in [1.54, 1.807) is 0 Å². The Morgan fingerprint density at radius 1 is 1.55 bits per heavy atom. The maximum Gasteiger partial charge on any atom is 0.190 e. The Balaban J connectivity index is 2.52. The van der Waals surface area contributed by atoms with Gasteiger partial charge in [0.05, 0.1) is 11.6 Å². The number of nitriles is 1. The molecule has 0 aliphatic heterocycles. The highest BCUT2D eigenvalue weighted by Crippen LogP contribution is 2.32. The van der Waals surface area contributed by atoms with E-state index in [1.807, 2.05) is 13.1 Å². The van der Waals surface area contributed by atoms with Gasteiger partial charge in [-0.1, -0.05) is 45.4 Å². The first kappa shape index (κ1) is 18.1. The van der Waals surface area contributed by atoms with Crippen molar-refractivity contribution in [2.75, 3.05) is 0 Å². The lowest BCUT2D eigenvalue weighted by atomic mass is 9.52. The number of hydrogen-bond acceptors (Lipinski definition) is 2. The zero-order chi connectivity index (χ0) is 16.7. The molecule has 0 aromatic heterocycles. The third-order valence-electron chi connectivity index (χ3n) is 4.28. The number of rotatable bonds is 7. The average Bonchev–Trinajstić information content (AvgIpc) is 2.48. The summed E-state index contributed by atoms with van der Waals surface area (Å²) in [6.07, 6.45) is 9.15. The van der Waals surface area contributed by atoms with Gasteiger partial charge >= 0.3 is 0 Å². The molecule has 1 aliphatic carbocycles. The first-order valence-electron chi connectivity index (χ1n) is 7.96. The molecular formula is C19H27BN2.